The standard InChI is InChI=1S/C22H29NO5.C3H8O3S/c1-7-22(23(2)3,17-11-9-8-10-12-17)15-28-21(24)16-13-18(25-4)20(27-6)19(14-16)26-5;1-3(2)7(4,5)6/h8-14H,7,15H2,1-6H3;3H,1-2H3,(H,4,5,6). The molecule has 0 fully saturated rings. The van der Waals surface area contributed by atoms with E-state index in [1.807, 2.05) is 32.3 Å². The number of esters is 1. The molecule has 196 valence electrons. The van der Waals surface area contributed by atoms with Crippen LogP contribution in [0.15, 0.2) is 42.5 Å². The van der Waals surface area contributed by atoms with Crippen molar-refractivity contribution in [3.05, 3.63) is 53.6 Å². The Bertz CT molecular complexity index is 1030. The van der Waals surface area contributed by atoms with E-state index in [0.717, 1.165) is 12.0 Å². The van der Waals surface area contributed by atoms with E-state index in [1.165, 1.54) is 35.2 Å². The van der Waals surface area contributed by atoms with Crippen molar-refractivity contribution in [3.8, 4) is 17.2 Å². The average Bonchev–Trinajstić information content (AvgIpc) is 2.83. The van der Waals surface area contributed by atoms with E-state index in [0.29, 0.717) is 22.8 Å². The molecule has 0 aliphatic heterocycles. The first-order valence-electron chi connectivity index (χ1n) is 11.0. The fourth-order valence-electron chi connectivity index (χ4n) is 3.31. The highest BCUT2D eigenvalue weighted by atomic mass is 32.2. The molecular weight excluding hydrogens is 474 g/mol. The maximum absolute atomic E-state index is 12.8. The molecule has 0 radical (unpaired) electrons. The van der Waals surface area contributed by atoms with Gasteiger partial charge < -0.3 is 18.9 Å². The Labute approximate surface area is 208 Å². The molecule has 1 unspecified atom stereocenters. The Balaban J connectivity index is 0.000000762. The van der Waals surface area contributed by atoms with Crippen LogP contribution >= 0.6 is 0 Å². The normalized spacial score (nSPS) is 12.9. The van der Waals surface area contributed by atoms with Crippen molar-refractivity contribution in [1.29, 1.82) is 0 Å². The molecule has 0 heterocycles. The summed E-state index contributed by atoms with van der Waals surface area (Å²) >= 11 is 0. The summed E-state index contributed by atoms with van der Waals surface area (Å²) in [7, 11) is 4.78. The van der Waals surface area contributed by atoms with Crippen molar-refractivity contribution in [3.63, 3.8) is 0 Å². The van der Waals surface area contributed by atoms with Gasteiger partial charge in [-0.15, -0.1) is 0 Å². The molecule has 0 amide bonds. The molecule has 10 heteroatoms. The first-order valence-corrected chi connectivity index (χ1v) is 12.5. The molecular formula is C25H37NO8S. The van der Waals surface area contributed by atoms with Crippen molar-refractivity contribution in [2.45, 2.75) is 38.0 Å². The summed E-state index contributed by atoms with van der Waals surface area (Å²) in [5, 5.41) is -0.674. The SMILES string of the molecule is CC(C)S(=O)(=O)O.CCC(COC(=O)c1cc(OC)c(OC)c(OC)c1)(c1ccccc1)N(C)C. The van der Waals surface area contributed by atoms with Gasteiger partial charge in [0.2, 0.25) is 5.75 Å². The van der Waals surface area contributed by atoms with Crippen LogP contribution in [0.2, 0.25) is 0 Å². The fourth-order valence-corrected chi connectivity index (χ4v) is 3.31. The van der Waals surface area contributed by atoms with Gasteiger partial charge in [0, 0.05) is 0 Å². The molecule has 0 bridgehead atoms. The molecule has 2 aromatic rings. The summed E-state index contributed by atoms with van der Waals surface area (Å²) in [5.41, 5.74) is 1.02. The lowest BCUT2D eigenvalue weighted by molar-refractivity contribution is 0.0119. The Morgan fingerprint density at radius 2 is 1.49 bits per heavy atom. The first kappa shape index (κ1) is 30.2. The number of rotatable bonds is 10. The summed E-state index contributed by atoms with van der Waals surface area (Å²) in [6, 6.07) is 13.2. The number of carbonyl (C=O) groups is 1. The van der Waals surface area contributed by atoms with Gasteiger partial charge in [-0.2, -0.15) is 8.42 Å². The average molecular weight is 512 g/mol. The van der Waals surface area contributed by atoms with Gasteiger partial charge in [0.15, 0.2) is 11.5 Å². The maximum atomic E-state index is 12.8. The molecule has 1 N–H and O–H groups in total. The first-order chi connectivity index (χ1) is 16.4. The number of hydrogen-bond acceptors (Lipinski definition) is 8. The zero-order valence-corrected chi connectivity index (χ0v) is 22.5. The van der Waals surface area contributed by atoms with E-state index in [1.54, 1.807) is 12.1 Å². The van der Waals surface area contributed by atoms with Gasteiger partial charge in [0.1, 0.15) is 6.61 Å². The zero-order chi connectivity index (χ0) is 26.8. The van der Waals surface area contributed by atoms with E-state index < -0.39 is 26.9 Å². The molecule has 2 aromatic carbocycles. The third-order valence-corrected chi connectivity index (χ3v) is 6.88. The minimum Gasteiger partial charge on any atom is -0.493 e. The molecule has 0 saturated heterocycles. The van der Waals surface area contributed by atoms with Crippen LogP contribution in [0.3, 0.4) is 0 Å². The Kier molecular flexibility index (Phi) is 11.5. The number of carbonyl (C=O) groups excluding carboxylic acids is 1. The van der Waals surface area contributed by atoms with Gasteiger partial charge in [0.05, 0.1) is 37.7 Å². The number of likely N-dealkylation sites (N-methyl/N-ethyl adjacent to an activating group) is 1. The highest BCUT2D eigenvalue weighted by molar-refractivity contribution is 7.86. The summed E-state index contributed by atoms with van der Waals surface area (Å²) in [5.74, 6) is 0.800. The van der Waals surface area contributed by atoms with Crippen molar-refractivity contribution in [2.24, 2.45) is 0 Å². The smallest absolute Gasteiger partial charge is 0.338 e. The van der Waals surface area contributed by atoms with Gasteiger partial charge in [-0.3, -0.25) is 9.45 Å². The van der Waals surface area contributed by atoms with Crippen LogP contribution in [0.25, 0.3) is 0 Å². The molecule has 9 nitrogen and oxygen atoms in total. The van der Waals surface area contributed by atoms with E-state index in [-0.39, 0.29) is 6.61 Å². The fraction of sp³-hybridized carbons (Fsp3) is 0.480. The van der Waals surface area contributed by atoms with E-state index >= 15 is 0 Å². The van der Waals surface area contributed by atoms with Crippen LogP contribution in [0.1, 0.15) is 43.1 Å². The molecule has 0 aliphatic rings. The van der Waals surface area contributed by atoms with Gasteiger partial charge in [-0.1, -0.05) is 37.3 Å². The molecule has 0 aromatic heterocycles. The summed E-state index contributed by atoms with van der Waals surface area (Å²) in [6.07, 6.45) is 0.784. The minimum absolute atomic E-state index is 0.218. The van der Waals surface area contributed by atoms with Crippen molar-refractivity contribution >= 4 is 16.1 Å². The van der Waals surface area contributed by atoms with Gasteiger partial charge in [-0.05, 0) is 52.1 Å². The molecule has 0 spiro atoms. The monoisotopic (exact) mass is 511 g/mol. The van der Waals surface area contributed by atoms with Crippen LogP contribution in [0.4, 0.5) is 0 Å². The van der Waals surface area contributed by atoms with Crippen LogP contribution in [-0.2, 0) is 20.4 Å². The third kappa shape index (κ3) is 7.84. The van der Waals surface area contributed by atoms with Gasteiger partial charge in [-0.25, -0.2) is 4.79 Å². The quantitative estimate of drug-likeness (QED) is 0.373. The lowest BCUT2D eigenvalue weighted by atomic mass is 9.87. The zero-order valence-electron chi connectivity index (χ0n) is 21.7. The number of hydrogen-bond donors (Lipinski definition) is 1. The topological polar surface area (TPSA) is 112 Å². The molecule has 0 aliphatic carbocycles. The van der Waals surface area contributed by atoms with E-state index in [9.17, 15) is 13.2 Å². The molecule has 2 rings (SSSR count). The Morgan fingerprint density at radius 3 is 1.83 bits per heavy atom. The van der Waals surface area contributed by atoms with Crippen LogP contribution < -0.4 is 14.2 Å². The lowest BCUT2D eigenvalue weighted by Crippen LogP contribution is -2.45. The van der Waals surface area contributed by atoms with Crippen molar-refractivity contribution < 1.29 is 36.7 Å². The summed E-state index contributed by atoms with van der Waals surface area (Å²) < 4.78 is 49.5. The third-order valence-electron chi connectivity index (χ3n) is 5.69. The van der Waals surface area contributed by atoms with Crippen molar-refractivity contribution in [1.82, 2.24) is 4.90 Å². The second-order valence-electron chi connectivity index (χ2n) is 8.20. The predicted octanol–water partition coefficient (Wildman–Crippen LogP) is 4.02. The largest absolute Gasteiger partial charge is 0.493 e. The second kappa shape index (κ2) is 13.3. The van der Waals surface area contributed by atoms with Crippen LogP contribution in [-0.4, -0.2) is 71.1 Å². The van der Waals surface area contributed by atoms with Gasteiger partial charge in [0.25, 0.3) is 10.1 Å². The maximum Gasteiger partial charge on any atom is 0.338 e. The molecule has 1 atom stereocenters. The van der Waals surface area contributed by atoms with Gasteiger partial charge >= 0.3 is 5.97 Å². The second-order valence-corrected chi connectivity index (χ2v) is 10.2. The van der Waals surface area contributed by atoms with E-state index in [4.69, 9.17) is 23.5 Å². The lowest BCUT2D eigenvalue weighted by Gasteiger charge is -2.39. The summed E-state index contributed by atoms with van der Waals surface area (Å²) in [6.45, 7) is 5.13. The molecule has 35 heavy (non-hydrogen) atoms. The molecule has 0 saturated carbocycles. The number of benzene rings is 2. The predicted molar refractivity (Wildman–Crippen MR) is 135 cm³/mol. The Hall–Kier alpha value is -2.82. The Morgan fingerprint density at radius 1 is 1.00 bits per heavy atom. The number of nitrogens with zero attached hydrogens (tertiary/aromatic N) is 1. The van der Waals surface area contributed by atoms with Crippen LogP contribution in [0.5, 0.6) is 17.2 Å². The minimum atomic E-state index is -3.74. The highest BCUT2D eigenvalue weighted by Gasteiger charge is 2.34. The number of ether oxygens (including phenoxy) is 4. The van der Waals surface area contributed by atoms with E-state index in [2.05, 4.69) is 24.0 Å². The van der Waals surface area contributed by atoms with Crippen molar-refractivity contribution in [2.75, 3.05) is 42.0 Å². The summed E-state index contributed by atoms with van der Waals surface area (Å²) in [4.78, 5) is 14.9. The number of methoxy groups -OCH3 is 3. The highest BCUT2D eigenvalue weighted by Crippen LogP contribution is 2.38. The van der Waals surface area contributed by atoms with Crippen LogP contribution in [0, 0.1) is 0 Å².